The molecule has 1 unspecified atom stereocenters. The lowest BCUT2D eigenvalue weighted by molar-refractivity contribution is -0.943. The monoisotopic (exact) mass is 473 g/mol. The van der Waals surface area contributed by atoms with Gasteiger partial charge in [0.25, 0.3) is 5.92 Å². The molecule has 8 heteroatoms. The van der Waals surface area contributed by atoms with E-state index in [-0.39, 0.29) is 13.2 Å². The molecular weight excluding hydrogens is 441 g/mol. The van der Waals surface area contributed by atoms with Crippen LogP contribution in [0.25, 0.3) is 10.9 Å². The zero-order valence-electron chi connectivity index (χ0n) is 19.5. The minimum Gasteiger partial charge on any atom is -0.320 e. The van der Waals surface area contributed by atoms with Crippen molar-refractivity contribution in [3.63, 3.8) is 0 Å². The second-order valence-electron chi connectivity index (χ2n) is 9.87. The van der Waals surface area contributed by atoms with E-state index in [2.05, 4.69) is 4.98 Å². The molecular formula is C26H32F3N4O+. The van der Waals surface area contributed by atoms with Gasteiger partial charge in [-0.1, -0.05) is 6.07 Å². The van der Waals surface area contributed by atoms with Gasteiger partial charge >= 0.3 is 0 Å². The number of hydrogen-bond donors (Lipinski definition) is 0. The number of nitrogens with zero attached hydrogens (tertiary/aromatic N) is 4. The highest BCUT2D eigenvalue weighted by Gasteiger charge is 2.47. The van der Waals surface area contributed by atoms with Gasteiger partial charge in [-0.15, -0.1) is 0 Å². The second kappa shape index (κ2) is 10.3. The van der Waals surface area contributed by atoms with E-state index < -0.39 is 30.8 Å². The summed E-state index contributed by atoms with van der Waals surface area (Å²) in [6.45, 7) is 1.74. The minimum atomic E-state index is -3.03. The zero-order chi connectivity index (χ0) is 24.2. The van der Waals surface area contributed by atoms with Crippen LogP contribution >= 0.6 is 0 Å². The Balaban J connectivity index is 1.41. The predicted octanol–water partition coefficient (Wildman–Crippen LogP) is 4.79. The fraction of sp³-hybridized carbons (Fsp3) is 0.577. The van der Waals surface area contributed by atoms with Crippen LogP contribution in [0.3, 0.4) is 0 Å². The van der Waals surface area contributed by atoms with Gasteiger partial charge in [-0.2, -0.15) is 9.65 Å². The number of carbonyl (C=O) groups is 1. The number of carbonyl (C=O) groups excluding carboxylic acids is 1. The number of quaternary nitrogens is 1. The van der Waals surface area contributed by atoms with Crippen molar-refractivity contribution in [1.82, 2.24) is 9.88 Å². The van der Waals surface area contributed by atoms with Gasteiger partial charge in [-0.25, -0.2) is 8.78 Å². The summed E-state index contributed by atoms with van der Waals surface area (Å²) in [4.78, 5) is 18.2. The normalized spacial score (nSPS) is 21.5. The number of aromatic nitrogens is 1. The van der Waals surface area contributed by atoms with Crippen LogP contribution in [0.5, 0.6) is 0 Å². The molecule has 0 bridgehead atoms. The number of unbranched alkanes of at least 4 members (excludes halogenated alkanes) is 1. The molecule has 2 aliphatic rings. The summed E-state index contributed by atoms with van der Waals surface area (Å²) < 4.78 is 41.8. The summed E-state index contributed by atoms with van der Waals surface area (Å²) in [5.74, 6) is -3.50. The molecule has 1 amide bonds. The Morgan fingerprint density at radius 1 is 1.21 bits per heavy atom. The molecule has 5 nitrogen and oxygen atoms in total. The van der Waals surface area contributed by atoms with Crippen LogP contribution in [0.4, 0.5) is 13.2 Å². The van der Waals surface area contributed by atoms with Crippen molar-refractivity contribution in [2.45, 2.75) is 63.3 Å². The molecule has 4 rings (SSSR count). The molecule has 2 saturated heterocycles. The Labute approximate surface area is 198 Å². The van der Waals surface area contributed by atoms with E-state index in [4.69, 9.17) is 0 Å². The molecule has 0 saturated carbocycles. The number of amides is 1. The molecule has 3 heterocycles. The number of likely N-dealkylation sites (tertiary alicyclic amines) is 2. The number of hydrogen-bond acceptors (Lipinski definition) is 3. The quantitative estimate of drug-likeness (QED) is 0.315. The van der Waals surface area contributed by atoms with Crippen LogP contribution in [-0.2, 0) is 17.6 Å². The topological polar surface area (TPSA) is 57.0 Å². The van der Waals surface area contributed by atoms with E-state index >= 15 is 0 Å². The van der Waals surface area contributed by atoms with Crippen LogP contribution in [0, 0.1) is 11.3 Å². The number of halogens is 3. The highest BCUT2D eigenvalue weighted by atomic mass is 19.3. The number of piperidine rings is 1. The Bertz CT molecular complexity index is 1060. The van der Waals surface area contributed by atoms with Gasteiger partial charge in [0.1, 0.15) is 6.04 Å². The summed E-state index contributed by atoms with van der Waals surface area (Å²) >= 11 is 0. The molecule has 2 aromatic rings. The lowest BCUT2D eigenvalue weighted by Gasteiger charge is -2.38. The van der Waals surface area contributed by atoms with Gasteiger partial charge in [-0.05, 0) is 67.9 Å². The number of fused-ring (bicyclic) bond motifs is 1. The number of alkyl halides is 3. The van der Waals surface area contributed by atoms with E-state index in [9.17, 15) is 23.2 Å². The van der Waals surface area contributed by atoms with E-state index in [1.165, 1.54) is 6.42 Å². The molecule has 2 fully saturated rings. The van der Waals surface area contributed by atoms with E-state index in [1.807, 2.05) is 24.3 Å². The van der Waals surface area contributed by atoms with Gasteiger partial charge in [0, 0.05) is 18.0 Å². The minimum absolute atomic E-state index is 0.0484. The molecule has 0 N–H and O–H groups in total. The Morgan fingerprint density at radius 2 is 2.00 bits per heavy atom. The standard InChI is InChI=1S/C26H32F3N4O/c27-19-33(11-3-1-4-12-33)13-5-2-6-20-7-8-24-23(14-20)21(9-10-31-24)15-25(34)32-18-26(28,29)16-22(32)17-30/h7-10,14,22H,1-6,11-13,15-16,18-19H2/q+1. The third-order valence-electron chi connectivity index (χ3n) is 7.34. The van der Waals surface area contributed by atoms with E-state index in [1.54, 1.807) is 12.3 Å². The van der Waals surface area contributed by atoms with Gasteiger partial charge < -0.3 is 4.90 Å². The predicted molar refractivity (Wildman–Crippen MR) is 124 cm³/mol. The highest BCUT2D eigenvalue weighted by molar-refractivity contribution is 5.88. The zero-order valence-corrected chi connectivity index (χ0v) is 19.5. The van der Waals surface area contributed by atoms with Crippen molar-refractivity contribution in [1.29, 1.82) is 5.26 Å². The molecule has 1 aromatic heterocycles. The Kier molecular flexibility index (Phi) is 7.42. The average molecular weight is 474 g/mol. The fourth-order valence-electron chi connectivity index (χ4n) is 5.38. The lowest BCUT2D eigenvalue weighted by atomic mass is 10.00. The second-order valence-corrected chi connectivity index (χ2v) is 9.87. The maximum Gasteiger partial charge on any atom is 0.268 e. The Morgan fingerprint density at radius 3 is 2.74 bits per heavy atom. The van der Waals surface area contributed by atoms with Gasteiger partial charge in [-0.3, -0.25) is 14.3 Å². The SMILES string of the molecule is N#CC1CC(F)(F)CN1C(=O)Cc1ccnc2ccc(CCCC[N+]3(CF)CCCCC3)cc12. The van der Waals surface area contributed by atoms with Crippen molar-refractivity contribution in [3.05, 3.63) is 41.6 Å². The van der Waals surface area contributed by atoms with Gasteiger partial charge in [0.05, 0.1) is 44.2 Å². The summed E-state index contributed by atoms with van der Waals surface area (Å²) in [6, 6.07) is 8.43. The number of benzene rings is 1. The van der Waals surface area contributed by atoms with Crippen molar-refractivity contribution in [2.75, 3.05) is 33.0 Å². The van der Waals surface area contributed by atoms with Crippen LogP contribution in [0.1, 0.15) is 49.7 Å². The summed E-state index contributed by atoms with van der Waals surface area (Å²) in [6.07, 6.45) is 7.12. The fourth-order valence-corrected chi connectivity index (χ4v) is 5.38. The first-order valence-corrected chi connectivity index (χ1v) is 12.2. The van der Waals surface area contributed by atoms with E-state index in [0.717, 1.165) is 78.7 Å². The summed E-state index contributed by atoms with van der Waals surface area (Å²) in [5.41, 5.74) is 2.58. The molecule has 2 aliphatic heterocycles. The smallest absolute Gasteiger partial charge is 0.268 e. The first-order chi connectivity index (χ1) is 16.3. The molecule has 34 heavy (non-hydrogen) atoms. The largest absolute Gasteiger partial charge is 0.320 e. The first-order valence-electron chi connectivity index (χ1n) is 12.2. The molecule has 0 aliphatic carbocycles. The van der Waals surface area contributed by atoms with Crippen LogP contribution in [0.2, 0.25) is 0 Å². The van der Waals surface area contributed by atoms with Crippen LogP contribution in [-0.4, -0.2) is 65.2 Å². The molecule has 182 valence electrons. The van der Waals surface area contributed by atoms with Crippen molar-refractivity contribution < 1.29 is 22.4 Å². The number of nitriles is 1. The van der Waals surface area contributed by atoms with Gasteiger partial charge in [0.2, 0.25) is 12.7 Å². The van der Waals surface area contributed by atoms with Crippen LogP contribution in [0.15, 0.2) is 30.5 Å². The molecule has 0 spiro atoms. The Hall–Kier alpha value is -2.66. The maximum absolute atomic E-state index is 13.8. The van der Waals surface area contributed by atoms with E-state index in [0.29, 0.717) is 4.48 Å². The molecule has 1 aromatic carbocycles. The summed E-state index contributed by atoms with van der Waals surface area (Å²) in [5, 5.41) is 10.0. The first kappa shape index (κ1) is 24.5. The number of aryl methyl sites for hydroxylation is 1. The number of pyridine rings is 1. The van der Waals surface area contributed by atoms with Gasteiger partial charge in [0.15, 0.2) is 0 Å². The van der Waals surface area contributed by atoms with Crippen molar-refractivity contribution >= 4 is 16.8 Å². The third kappa shape index (κ3) is 5.52. The molecule has 1 atom stereocenters. The van der Waals surface area contributed by atoms with Crippen molar-refractivity contribution in [2.24, 2.45) is 0 Å². The molecule has 0 radical (unpaired) electrons. The maximum atomic E-state index is 13.8. The highest BCUT2D eigenvalue weighted by Crippen LogP contribution is 2.32. The average Bonchev–Trinajstić information content (AvgIpc) is 3.17. The lowest BCUT2D eigenvalue weighted by Crippen LogP contribution is -2.51. The summed E-state index contributed by atoms with van der Waals surface area (Å²) in [7, 11) is 0. The third-order valence-corrected chi connectivity index (χ3v) is 7.34. The number of rotatable bonds is 8. The van der Waals surface area contributed by atoms with Crippen molar-refractivity contribution in [3.8, 4) is 6.07 Å². The van der Waals surface area contributed by atoms with Crippen LogP contribution < -0.4 is 0 Å².